The Balaban J connectivity index is 1.88. The zero-order valence-electron chi connectivity index (χ0n) is 12.3. The quantitative estimate of drug-likeness (QED) is 0.919. The van der Waals surface area contributed by atoms with Gasteiger partial charge in [-0.05, 0) is 36.1 Å². The fourth-order valence-electron chi connectivity index (χ4n) is 3.29. The summed E-state index contributed by atoms with van der Waals surface area (Å²) >= 11 is 0. The highest BCUT2D eigenvalue weighted by Gasteiger charge is 2.32. The molecule has 2 N–H and O–H groups in total. The highest BCUT2D eigenvalue weighted by Crippen LogP contribution is 2.35. The first-order valence-corrected chi connectivity index (χ1v) is 7.55. The van der Waals surface area contributed by atoms with E-state index in [2.05, 4.69) is 49.4 Å². The number of ether oxygens (including phenoxy) is 1. The van der Waals surface area contributed by atoms with Gasteiger partial charge < -0.3 is 10.5 Å². The molecule has 0 bridgehead atoms. The second kappa shape index (κ2) is 5.55. The monoisotopic (exact) mass is 269 g/mol. The first-order valence-electron chi connectivity index (χ1n) is 7.55. The molecule has 1 fully saturated rings. The lowest BCUT2D eigenvalue weighted by Crippen LogP contribution is -2.32. The molecule has 0 aliphatic carbocycles. The Bertz CT molecular complexity index is 587. The van der Waals surface area contributed by atoms with Crippen LogP contribution in [0.2, 0.25) is 0 Å². The molecular weight excluding hydrogens is 246 g/mol. The molecule has 1 saturated heterocycles. The van der Waals surface area contributed by atoms with Crippen molar-refractivity contribution >= 4 is 10.8 Å². The Hall–Kier alpha value is -1.38. The molecule has 2 aromatic carbocycles. The number of hydrogen-bond acceptors (Lipinski definition) is 2. The van der Waals surface area contributed by atoms with E-state index >= 15 is 0 Å². The van der Waals surface area contributed by atoms with Gasteiger partial charge in [-0.15, -0.1) is 0 Å². The first kappa shape index (κ1) is 13.6. The van der Waals surface area contributed by atoms with Crippen molar-refractivity contribution in [1.29, 1.82) is 0 Å². The summed E-state index contributed by atoms with van der Waals surface area (Å²) in [4.78, 5) is 0. The standard InChI is InChI=1S/C18H23NO/c1-12(17-10-11-18(20-17)13(2)19)15-9-5-7-14-6-3-4-8-16(14)15/h3-9,12-13,17-18H,10-11,19H2,1-2H3/t12-,13?,17?,18?/m1/s1. The van der Waals surface area contributed by atoms with Crippen LogP contribution in [0.3, 0.4) is 0 Å². The average Bonchev–Trinajstić information content (AvgIpc) is 2.96. The van der Waals surface area contributed by atoms with Crippen LogP contribution in [0.4, 0.5) is 0 Å². The molecule has 2 nitrogen and oxygen atoms in total. The van der Waals surface area contributed by atoms with Gasteiger partial charge in [0.1, 0.15) is 0 Å². The predicted molar refractivity (Wildman–Crippen MR) is 83.9 cm³/mol. The maximum atomic E-state index is 6.16. The van der Waals surface area contributed by atoms with E-state index in [0.29, 0.717) is 5.92 Å². The van der Waals surface area contributed by atoms with Crippen LogP contribution in [0.1, 0.15) is 38.2 Å². The highest BCUT2D eigenvalue weighted by molar-refractivity contribution is 5.86. The predicted octanol–water partition coefficient (Wildman–Crippen LogP) is 3.84. The Morgan fingerprint density at radius 1 is 1.00 bits per heavy atom. The van der Waals surface area contributed by atoms with Crippen molar-refractivity contribution in [1.82, 2.24) is 0 Å². The van der Waals surface area contributed by atoms with Crippen LogP contribution in [0.15, 0.2) is 42.5 Å². The molecule has 3 unspecified atom stereocenters. The summed E-state index contributed by atoms with van der Waals surface area (Å²) in [6, 6.07) is 15.3. The molecule has 0 radical (unpaired) electrons. The van der Waals surface area contributed by atoms with Crippen LogP contribution in [-0.2, 0) is 4.74 Å². The van der Waals surface area contributed by atoms with Gasteiger partial charge in [-0.2, -0.15) is 0 Å². The van der Waals surface area contributed by atoms with Gasteiger partial charge >= 0.3 is 0 Å². The maximum absolute atomic E-state index is 6.16. The summed E-state index contributed by atoms with van der Waals surface area (Å²) in [7, 11) is 0. The van der Waals surface area contributed by atoms with Gasteiger partial charge in [-0.3, -0.25) is 0 Å². The minimum Gasteiger partial charge on any atom is -0.373 e. The Kier molecular flexibility index (Phi) is 3.77. The molecule has 0 spiro atoms. The maximum Gasteiger partial charge on any atom is 0.0728 e. The molecule has 1 heterocycles. The molecule has 4 atom stereocenters. The van der Waals surface area contributed by atoms with E-state index in [4.69, 9.17) is 10.5 Å². The number of fused-ring (bicyclic) bond motifs is 1. The van der Waals surface area contributed by atoms with E-state index in [1.807, 2.05) is 6.92 Å². The Morgan fingerprint density at radius 2 is 1.70 bits per heavy atom. The minimum absolute atomic E-state index is 0.125. The SMILES string of the molecule is CC(N)C1CCC([C@H](C)c2cccc3ccccc23)O1. The van der Waals surface area contributed by atoms with Crippen LogP contribution >= 0.6 is 0 Å². The molecule has 106 valence electrons. The van der Waals surface area contributed by atoms with Gasteiger partial charge in [0.15, 0.2) is 0 Å². The van der Waals surface area contributed by atoms with Gasteiger partial charge in [0.2, 0.25) is 0 Å². The van der Waals surface area contributed by atoms with Gasteiger partial charge in [0, 0.05) is 12.0 Å². The van der Waals surface area contributed by atoms with Crippen molar-refractivity contribution in [2.45, 2.75) is 50.9 Å². The second-order valence-electron chi connectivity index (χ2n) is 6.01. The molecule has 2 aromatic rings. The normalized spacial score (nSPS) is 25.8. The zero-order chi connectivity index (χ0) is 14.1. The molecule has 0 amide bonds. The number of nitrogens with two attached hydrogens (primary N) is 1. The van der Waals surface area contributed by atoms with E-state index in [9.17, 15) is 0 Å². The van der Waals surface area contributed by atoms with E-state index < -0.39 is 0 Å². The van der Waals surface area contributed by atoms with E-state index in [1.165, 1.54) is 16.3 Å². The molecule has 1 aliphatic heterocycles. The van der Waals surface area contributed by atoms with Crippen molar-refractivity contribution in [3.63, 3.8) is 0 Å². The summed E-state index contributed by atoms with van der Waals surface area (Å²) in [6.07, 6.45) is 2.70. The average molecular weight is 269 g/mol. The molecular formula is C18H23NO. The van der Waals surface area contributed by atoms with Gasteiger partial charge in [-0.25, -0.2) is 0 Å². The molecule has 2 heteroatoms. The number of benzene rings is 2. The molecule has 3 rings (SSSR count). The molecule has 0 saturated carbocycles. The van der Waals surface area contributed by atoms with Crippen LogP contribution in [0.5, 0.6) is 0 Å². The number of rotatable bonds is 3. The minimum atomic E-state index is 0.125. The van der Waals surface area contributed by atoms with E-state index in [1.54, 1.807) is 0 Å². The van der Waals surface area contributed by atoms with Crippen LogP contribution in [-0.4, -0.2) is 18.2 Å². The van der Waals surface area contributed by atoms with Crippen molar-refractivity contribution < 1.29 is 4.74 Å². The molecule has 0 aromatic heterocycles. The van der Waals surface area contributed by atoms with Crippen molar-refractivity contribution in [2.24, 2.45) is 5.73 Å². The lowest BCUT2D eigenvalue weighted by atomic mass is 9.89. The molecule has 1 aliphatic rings. The van der Waals surface area contributed by atoms with Gasteiger partial charge in [0.05, 0.1) is 12.2 Å². The van der Waals surface area contributed by atoms with Gasteiger partial charge in [-0.1, -0.05) is 49.4 Å². The summed E-state index contributed by atoms with van der Waals surface area (Å²) in [5, 5.41) is 2.65. The van der Waals surface area contributed by atoms with Gasteiger partial charge in [0.25, 0.3) is 0 Å². The highest BCUT2D eigenvalue weighted by atomic mass is 16.5. The van der Waals surface area contributed by atoms with E-state index in [0.717, 1.165) is 12.8 Å². The fourth-order valence-corrected chi connectivity index (χ4v) is 3.29. The smallest absolute Gasteiger partial charge is 0.0728 e. The largest absolute Gasteiger partial charge is 0.373 e. The second-order valence-corrected chi connectivity index (χ2v) is 6.01. The zero-order valence-corrected chi connectivity index (χ0v) is 12.3. The molecule has 20 heavy (non-hydrogen) atoms. The first-order chi connectivity index (χ1) is 9.66. The van der Waals surface area contributed by atoms with Crippen LogP contribution < -0.4 is 5.73 Å². The topological polar surface area (TPSA) is 35.2 Å². The summed E-state index contributed by atoms with van der Waals surface area (Å²) < 4.78 is 6.16. The van der Waals surface area contributed by atoms with Crippen molar-refractivity contribution in [3.05, 3.63) is 48.0 Å². The number of hydrogen-bond donors (Lipinski definition) is 1. The summed E-state index contributed by atoms with van der Waals surface area (Å²) in [6.45, 7) is 4.31. The lowest BCUT2D eigenvalue weighted by Gasteiger charge is -2.23. The van der Waals surface area contributed by atoms with Crippen molar-refractivity contribution in [2.75, 3.05) is 0 Å². The van der Waals surface area contributed by atoms with E-state index in [-0.39, 0.29) is 18.2 Å². The lowest BCUT2D eigenvalue weighted by molar-refractivity contribution is 0.0225. The Morgan fingerprint density at radius 3 is 2.45 bits per heavy atom. The van der Waals surface area contributed by atoms with Crippen LogP contribution in [0, 0.1) is 0 Å². The Labute approximate surface area is 120 Å². The summed E-state index contributed by atoms with van der Waals surface area (Å²) in [5.41, 5.74) is 7.35. The van der Waals surface area contributed by atoms with Crippen molar-refractivity contribution in [3.8, 4) is 0 Å². The van der Waals surface area contributed by atoms with Crippen LogP contribution in [0.25, 0.3) is 10.8 Å². The third kappa shape index (κ3) is 2.46. The summed E-state index contributed by atoms with van der Waals surface area (Å²) in [5.74, 6) is 0.407. The fraction of sp³-hybridized carbons (Fsp3) is 0.444. The third-order valence-electron chi connectivity index (χ3n) is 4.54. The third-order valence-corrected chi connectivity index (χ3v) is 4.54.